The van der Waals surface area contributed by atoms with E-state index in [2.05, 4.69) is 5.10 Å². The van der Waals surface area contributed by atoms with Gasteiger partial charge in [-0.05, 0) is 54.4 Å². The van der Waals surface area contributed by atoms with Crippen molar-refractivity contribution in [2.24, 2.45) is 18.9 Å². The fourth-order valence-corrected chi connectivity index (χ4v) is 3.92. The first-order valence-electron chi connectivity index (χ1n) is 8.62. The van der Waals surface area contributed by atoms with Gasteiger partial charge in [-0.1, -0.05) is 12.1 Å². The maximum absolute atomic E-state index is 13.3. The normalized spacial score (nSPS) is 25.9. The lowest BCUT2D eigenvalue weighted by molar-refractivity contribution is -0.131. The van der Waals surface area contributed by atoms with Gasteiger partial charge in [-0.2, -0.15) is 5.10 Å². The van der Waals surface area contributed by atoms with Crippen molar-refractivity contribution in [1.82, 2.24) is 14.7 Å². The summed E-state index contributed by atoms with van der Waals surface area (Å²) in [6.07, 6.45) is 6.84. The lowest BCUT2D eigenvalue weighted by atomic mass is 10.0. The number of amides is 1. The van der Waals surface area contributed by atoms with E-state index in [-0.39, 0.29) is 23.6 Å². The fraction of sp³-hybridized carbons (Fsp3) is 0.474. The van der Waals surface area contributed by atoms with Crippen LogP contribution in [-0.4, -0.2) is 33.7 Å². The van der Waals surface area contributed by atoms with Crippen LogP contribution in [0.15, 0.2) is 36.7 Å². The first-order chi connectivity index (χ1) is 11.6. The standard InChI is InChI=1S/C19H22FN3O/c1-22-11-14(10-21-22)7-13-5-6-23(12-13)19(24)18-9-17(18)15-3-2-4-16(20)8-15/h2-4,8,10-11,13,17-18H,5-7,9,12H2,1H3/t13-,17+,18-/m0/s1. The molecule has 1 saturated carbocycles. The first kappa shape index (κ1) is 15.4. The van der Waals surface area contributed by atoms with Crippen LogP contribution in [0.3, 0.4) is 0 Å². The highest BCUT2D eigenvalue weighted by Gasteiger charge is 2.46. The van der Waals surface area contributed by atoms with E-state index in [1.165, 1.54) is 11.6 Å². The highest BCUT2D eigenvalue weighted by molar-refractivity contribution is 5.83. The summed E-state index contributed by atoms with van der Waals surface area (Å²) in [7, 11) is 1.92. The average molecular weight is 327 g/mol. The van der Waals surface area contributed by atoms with E-state index in [1.54, 1.807) is 12.1 Å². The molecule has 0 unspecified atom stereocenters. The number of likely N-dealkylation sites (tertiary alicyclic amines) is 1. The number of rotatable bonds is 4. The van der Waals surface area contributed by atoms with Crippen LogP contribution in [0.25, 0.3) is 0 Å². The smallest absolute Gasteiger partial charge is 0.226 e. The number of halogens is 1. The fourth-order valence-electron chi connectivity index (χ4n) is 3.92. The van der Waals surface area contributed by atoms with Crippen molar-refractivity contribution in [3.8, 4) is 0 Å². The molecule has 126 valence electrons. The summed E-state index contributed by atoms with van der Waals surface area (Å²) >= 11 is 0. The molecule has 0 bridgehead atoms. The number of aromatic nitrogens is 2. The van der Waals surface area contributed by atoms with Crippen LogP contribution in [0, 0.1) is 17.7 Å². The van der Waals surface area contributed by atoms with E-state index >= 15 is 0 Å². The van der Waals surface area contributed by atoms with Gasteiger partial charge in [-0.3, -0.25) is 9.48 Å². The molecule has 1 amide bonds. The number of hydrogen-bond donors (Lipinski definition) is 0. The zero-order chi connectivity index (χ0) is 16.7. The molecule has 2 heterocycles. The second-order valence-corrected chi connectivity index (χ2v) is 7.17. The summed E-state index contributed by atoms with van der Waals surface area (Å²) in [4.78, 5) is 14.7. The van der Waals surface area contributed by atoms with E-state index in [4.69, 9.17) is 0 Å². The minimum atomic E-state index is -0.219. The summed E-state index contributed by atoms with van der Waals surface area (Å²) in [5.74, 6) is 0.792. The van der Waals surface area contributed by atoms with Crippen LogP contribution in [-0.2, 0) is 18.3 Å². The largest absolute Gasteiger partial charge is 0.342 e. The van der Waals surface area contributed by atoms with Gasteiger partial charge in [0.05, 0.1) is 6.20 Å². The van der Waals surface area contributed by atoms with Gasteiger partial charge in [-0.25, -0.2) is 4.39 Å². The number of nitrogens with zero attached hydrogens (tertiary/aromatic N) is 3. The topological polar surface area (TPSA) is 38.1 Å². The van der Waals surface area contributed by atoms with Crippen LogP contribution in [0.1, 0.15) is 29.9 Å². The Balaban J connectivity index is 1.33. The third kappa shape index (κ3) is 3.07. The van der Waals surface area contributed by atoms with E-state index in [1.807, 2.05) is 35.1 Å². The Morgan fingerprint density at radius 2 is 2.29 bits per heavy atom. The molecule has 0 radical (unpaired) electrons. The zero-order valence-electron chi connectivity index (χ0n) is 13.9. The molecule has 1 aliphatic carbocycles. The summed E-state index contributed by atoms with van der Waals surface area (Å²) in [5.41, 5.74) is 2.19. The Kier molecular flexibility index (Phi) is 3.87. The number of hydrogen-bond acceptors (Lipinski definition) is 2. The summed E-state index contributed by atoms with van der Waals surface area (Å²) in [5, 5.41) is 4.21. The van der Waals surface area contributed by atoms with Crippen molar-refractivity contribution in [2.45, 2.75) is 25.2 Å². The molecule has 4 rings (SSSR count). The van der Waals surface area contributed by atoms with E-state index in [0.29, 0.717) is 5.92 Å². The van der Waals surface area contributed by atoms with Crippen LogP contribution in [0.5, 0.6) is 0 Å². The molecular weight excluding hydrogens is 305 g/mol. The Hall–Kier alpha value is -2.17. The average Bonchev–Trinajstić information content (AvgIpc) is 3.06. The summed E-state index contributed by atoms with van der Waals surface area (Å²) in [6.45, 7) is 1.68. The number of carbonyl (C=O) groups is 1. The van der Waals surface area contributed by atoms with Crippen molar-refractivity contribution < 1.29 is 9.18 Å². The van der Waals surface area contributed by atoms with Crippen LogP contribution in [0.2, 0.25) is 0 Å². The van der Waals surface area contributed by atoms with Gasteiger partial charge in [0.15, 0.2) is 0 Å². The molecule has 1 aromatic heterocycles. The van der Waals surface area contributed by atoms with Crippen molar-refractivity contribution in [1.29, 1.82) is 0 Å². The highest BCUT2D eigenvalue weighted by Crippen LogP contribution is 2.49. The van der Waals surface area contributed by atoms with Crippen molar-refractivity contribution >= 4 is 5.91 Å². The van der Waals surface area contributed by atoms with Crippen molar-refractivity contribution in [3.63, 3.8) is 0 Å². The van der Waals surface area contributed by atoms with Gasteiger partial charge in [0.2, 0.25) is 5.91 Å². The molecule has 2 fully saturated rings. The van der Waals surface area contributed by atoms with Gasteiger partial charge >= 0.3 is 0 Å². The molecule has 2 aliphatic rings. The Bertz CT molecular complexity index is 757. The van der Waals surface area contributed by atoms with Crippen molar-refractivity contribution in [3.05, 3.63) is 53.6 Å². The van der Waals surface area contributed by atoms with Gasteiger partial charge < -0.3 is 4.90 Å². The quantitative estimate of drug-likeness (QED) is 0.866. The number of aryl methyl sites for hydroxylation is 1. The highest BCUT2D eigenvalue weighted by atomic mass is 19.1. The van der Waals surface area contributed by atoms with Crippen LogP contribution in [0.4, 0.5) is 4.39 Å². The minimum Gasteiger partial charge on any atom is -0.342 e. The molecule has 3 atom stereocenters. The predicted molar refractivity (Wildman–Crippen MR) is 88.8 cm³/mol. The van der Waals surface area contributed by atoms with E-state index in [0.717, 1.165) is 37.9 Å². The maximum atomic E-state index is 13.3. The lowest BCUT2D eigenvalue weighted by Gasteiger charge is -2.16. The summed E-state index contributed by atoms with van der Waals surface area (Å²) in [6, 6.07) is 6.67. The molecule has 1 aliphatic heterocycles. The molecule has 1 aromatic carbocycles. The molecule has 5 heteroatoms. The SMILES string of the molecule is Cn1cc(C[C@@H]2CCN(C(=O)[C@H]3C[C@@H]3c3cccc(F)c3)C2)cn1. The predicted octanol–water partition coefficient (Wildman–Crippen LogP) is 2.75. The number of carbonyl (C=O) groups excluding carboxylic acids is 1. The van der Waals surface area contributed by atoms with Crippen LogP contribution < -0.4 is 0 Å². The Morgan fingerprint density at radius 1 is 1.42 bits per heavy atom. The molecule has 24 heavy (non-hydrogen) atoms. The molecule has 1 saturated heterocycles. The Labute approximate surface area is 141 Å². The Morgan fingerprint density at radius 3 is 3.04 bits per heavy atom. The molecular formula is C19H22FN3O. The lowest BCUT2D eigenvalue weighted by Crippen LogP contribution is -2.30. The van der Waals surface area contributed by atoms with E-state index < -0.39 is 0 Å². The monoisotopic (exact) mass is 327 g/mol. The summed E-state index contributed by atoms with van der Waals surface area (Å²) < 4.78 is 15.2. The zero-order valence-corrected chi connectivity index (χ0v) is 13.9. The third-order valence-corrected chi connectivity index (χ3v) is 5.26. The third-order valence-electron chi connectivity index (χ3n) is 5.26. The molecule has 0 N–H and O–H groups in total. The van der Waals surface area contributed by atoms with Gasteiger partial charge in [0, 0.05) is 32.3 Å². The van der Waals surface area contributed by atoms with Gasteiger partial charge in [0.25, 0.3) is 0 Å². The second-order valence-electron chi connectivity index (χ2n) is 7.17. The molecule has 4 nitrogen and oxygen atoms in total. The van der Waals surface area contributed by atoms with Gasteiger partial charge in [0.1, 0.15) is 5.82 Å². The first-order valence-corrected chi connectivity index (χ1v) is 8.62. The minimum absolute atomic E-state index is 0.0453. The number of benzene rings is 1. The second kappa shape index (κ2) is 6.04. The van der Waals surface area contributed by atoms with Crippen molar-refractivity contribution in [2.75, 3.05) is 13.1 Å². The molecule has 2 aromatic rings. The molecule has 0 spiro atoms. The van der Waals surface area contributed by atoms with E-state index in [9.17, 15) is 9.18 Å². The van der Waals surface area contributed by atoms with Gasteiger partial charge in [-0.15, -0.1) is 0 Å². The van der Waals surface area contributed by atoms with Crippen LogP contribution >= 0.6 is 0 Å². The maximum Gasteiger partial charge on any atom is 0.226 e.